The van der Waals surface area contributed by atoms with E-state index in [2.05, 4.69) is 20.3 Å². The summed E-state index contributed by atoms with van der Waals surface area (Å²) in [6, 6.07) is 7.71. The average molecular weight is 254 g/mol. The summed E-state index contributed by atoms with van der Waals surface area (Å²) >= 11 is 0. The fraction of sp³-hybridized carbons (Fsp3) is 0.214. The Morgan fingerprint density at radius 3 is 2.95 bits per heavy atom. The number of nitrogens with one attached hydrogen (secondary N) is 1. The van der Waals surface area contributed by atoms with Gasteiger partial charge in [0.15, 0.2) is 0 Å². The van der Waals surface area contributed by atoms with E-state index in [0.717, 1.165) is 30.1 Å². The molecule has 1 aliphatic rings. The standard InChI is InChI=1S/C14H14N4O/c1-3-11(9-15-5-1)10-19-14-12(4-2-6-18-14)13-16-7-8-17-13/h1-6,9H,7-8,10H2,(H,16,17). The minimum atomic E-state index is 0.450. The first-order valence-corrected chi connectivity index (χ1v) is 6.19. The van der Waals surface area contributed by atoms with Crippen molar-refractivity contribution in [3.05, 3.63) is 54.0 Å². The van der Waals surface area contributed by atoms with Crippen LogP contribution < -0.4 is 10.1 Å². The Morgan fingerprint density at radius 1 is 1.21 bits per heavy atom. The predicted molar refractivity (Wildman–Crippen MR) is 72.2 cm³/mol. The summed E-state index contributed by atoms with van der Waals surface area (Å²) in [5, 5.41) is 3.23. The van der Waals surface area contributed by atoms with E-state index >= 15 is 0 Å². The van der Waals surface area contributed by atoms with Gasteiger partial charge in [0.05, 0.1) is 12.1 Å². The second kappa shape index (κ2) is 5.48. The van der Waals surface area contributed by atoms with Crippen LogP contribution in [0.4, 0.5) is 0 Å². The van der Waals surface area contributed by atoms with Gasteiger partial charge < -0.3 is 10.1 Å². The van der Waals surface area contributed by atoms with Gasteiger partial charge in [0.1, 0.15) is 12.4 Å². The van der Waals surface area contributed by atoms with Gasteiger partial charge in [-0.05, 0) is 18.2 Å². The molecular weight excluding hydrogens is 240 g/mol. The molecule has 0 spiro atoms. The Balaban J connectivity index is 1.77. The zero-order valence-electron chi connectivity index (χ0n) is 10.4. The van der Waals surface area contributed by atoms with Crippen molar-refractivity contribution in [2.75, 3.05) is 13.1 Å². The van der Waals surface area contributed by atoms with Crippen molar-refractivity contribution in [3.8, 4) is 5.88 Å². The van der Waals surface area contributed by atoms with Crippen molar-refractivity contribution >= 4 is 5.84 Å². The van der Waals surface area contributed by atoms with E-state index in [-0.39, 0.29) is 0 Å². The maximum absolute atomic E-state index is 5.76. The molecule has 0 saturated carbocycles. The zero-order chi connectivity index (χ0) is 12.9. The highest BCUT2D eigenvalue weighted by Crippen LogP contribution is 2.17. The van der Waals surface area contributed by atoms with Crippen molar-refractivity contribution in [1.29, 1.82) is 0 Å². The number of hydrogen-bond donors (Lipinski definition) is 1. The molecule has 3 heterocycles. The number of hydrogen-bond acceptors (Lipinski definition) is 5. The molecular formula is C14H14N4O. The van der Waals surface area contributed by atoms with Crippen LogP contribution in [0.15, 0.2) is 47.8 Å². The normalized spacial score (nSPS) is 13.8. The van der Waals surface area contributed by atoms with Crippen molar-refractivity contribution in [2.45, 2.75) is 6.61 Å². The number of aromatic nitrogens is 2. The molecule has 3 rings (SSSR count). The van der Waals surface area contributed by atoms with Crippen LogP contribution in [0.1, 0.15) is 11.1 Å². The highest BCUT2D eigenvalue weighted by atomic mass is 16.5. The van der Waals surface area contributed by atoms with E-state index in [1.165, 1.54) is 0 Å². The Morgan fingerprint density at radius 2 is 2.16 bits per heavy atom. The van der Waals surface area contributed by atoms with E-state index in [4.69, 9.17) is 4.74 Å². The Hall–Kier alpha value is -2.43. The summed E-state index contributed by atoms with van der Waals surface area (Å²) in [5.41, 5.74) is 1.92. The molecule has 0 bridgehead atoms. The van der Waals surface area contributed by atoms with Gasteiger partial charge in [-0.3, -0.25) is 9.98 Å². The van der Waals surface area contributed by atoms with Gasteiger partial charge in [0.2, 0.25) is 5.88 Å². The fourth-order valence-corrected chi connectivity index (χ4v) is 1.90. The molecule has 0 fully saturated rings. The van der Waals surface area contributed by atoms with E-state index in [1.807, 2.05) is 24.3 Å². The zero-order valence-corrected chi connectivity index (χ0v) is 10.4. The average Bonchev–Trinajstić information content (AvgIpc) is 3.01. The smallest absolute Gasteiger partial charge is 0.224 e. The highest BCUT2D eigenvalue weighted by molar-refractivity contribution is 6.01. The predicted octanol–water partition coefficient (Wildman–Crippen LogP) is 1.41. The minimum Gasteiger partial charge on any atom is -0.472 e. The van der Waals surface area contributed by atoms with Crippen LogP contribution in [0.2, 0.25) is 0 Å². The second-order valence-corrected chi connectivity index (χ2v) is 4.16. The Bertz CT molecular complexity index is 583. The minimum absolute atomic E-state index is 0.450. The molecule has 5 nitrogen and oxygen atoms in total. The Kier molecular flexibility index (Phi) is 3.36. The van der Waals surface area contributed by atoms with Gasteiger partial charge in [-0.2, -0.15) is 0 Å². The van der Waals surface area contributed by atoms with E-state index in [9.17, 15) is 0 Å². The molecule has 96 valence electrons. The third-order valence-corrected chi connectivity index (χ3v) is 2.80. The molecule has 0 radical (unpaired) electrons. The van der Waals surface area contributed by atoms with Gasteiger partial charge in [-0.25, -0.2) is 4.98 Å². The van der Waals surface area contributed by atoms with Crippen molar-refractivity contribution in [3.63, 3.8) is 0 Å². The molecule has 0 unspecified atom stereocenters. The summed E-state index contributed by atoms with van der Waals surface area (Å²) in [5.74, 6) is 1.45. The summed E-state index contributed by atoms with van der Waals surface area (Å²) in [7, 11) is 0. The number of ether oxygens (including phenoxy) is 1. The summed E-state index contributed by atoms with van der Waals surface area (Å²) in [6.07, 6.45) is 5.25. The third-order valence-electron chi connectivity index (χ3n) is 2.80. The molecule has 0 saturated heterocycles. The summed E-state index contributed by atoms with van der Waals surface area (Å²) in [6.45, 7) is 2.11. The lowest BCUT2D eigenvalue weighted by atomic mass is 10.2. The largest absolute Gasteiger partial charge is 0.472 e. The molecule has 1 N–H and O–H groups in total. The number of aliphatic imine (C=N–C) groups is 1. The van der Waals surface area contributed by atoms with E-state index in [1.54, 1.807) is 18.6 Å². The summed E-state index contributed by atoms with van der Waals surface area (Å²) in [4.78, 5) is 12.7. The maximum atomic E-state index is 5.76. The molecule has 0 atom stereocenters. The molecule has 19 heavy (non-hydrogen) atoms. The van der Waals surface area contributed by atoms with Crippen LogP contribution >= 0.6 is 0 Å². The SMILES string of the molecule is c1cncc(COc2ncccc2C2=NCCN2)c1. The van der Waals surface area contributed by atoms with Gasteiger partial charge in [0.25, 0.3) is 0 Å². The van der Waals surface area contributed by atoms with Crippen LogP contribution in [0.5, 0.6) is 5.88 Å². The summed E-state index contributed by atoms with van der Waals surface area (Å²) < 4.78 is 5.76. The van der Waals surface area contributed by atoms with Crippen LogP contribution in [-0.4, -0.2) is 28.9 Å². The van der Waals surface area contributed by atoms with E-state index < -0.39 is 0 Å². The molecule has 2 aromatic heterocycles. The van der Waals surface area contributed by atoms with E-state index in [0.29, 0.717) is 12.5 Å². The molecule has 0 aromatic carbocycles. The van der Waals surface area contributed by atoms with Crippen LogP contribution in [0.25, 0.3) is 0 Å². The number of amidine groups is 1. The monoisotopic (exact) mass is 254 g/mol. The molecule has 1 aliphatic heterocycles. The lowest BCUT2D eigenvalue weighted by Crippen LogP contribution is -2.20. The maximum Gasteiger partial charge on any atom is 0.224 e. The first-order chi connectivity index (χ1) is 9.43. The van der Waals surface area contributed by atoms with Gasteiger partial charge in [-0.1, -0.05) is 6.07 Å². The van der Waals surface area contributed by atoms with Crippen LogP contribution in [-0.2, 0) is 6.61 Å². The lowest BCUT2D eigenvalue weighted by Gasteiger charge is -2.10. The quantitative estimate of drug-likeness (QED) is 0.896. The topological polar surface area (TPSA) is 59.4 Å². The highest BCUT2D eigenvalue weighted by Gasteiger charge is 2.14. The molecule has 5 heteroatoms. The third kappa shape index (κ3) is 2.70. The molecule has 0 aliphatic carbocycles. The first kappa shape index (κ1) is 11.6. The Labute approximate surface area is 111 Å². The van der Waals surface area contributed by atoms with Gasteiger partial charge >= 0.3 is 0 Å². The first-order valence-electron chi connectivity index (χ1n) is 6.19. The van der Waals surface area contributed by atoms with Crippen molar-refractivity contribution in [2.24, 2.45) is 4.99 Å². The van der Waals surface area contributed by atoms with Gasteiger partial charge in [-0.15, -0.1) is 0 Å². The molecule has 2 aromatic rings. The van der Waals surface area contributed by atoms with Crippen LogP contribution in [0, 0.1) is 0 Å². The van der Waals surface area contributed by atoms with Crippen LogP contribution in [0.3, 0.4) is 0 Å². The lowest BCUT2D eigenvalue weighted by molar-refractivity contribution is 0.293. The fourth-order valence-electron chi connectivity index (χ4n) is 1.90. The van der Waals surface area contributed by atoms with Crippen molar-refractivity contribution in [1.82, 2.24) is 15.3 Å². The van der Waals surface area contributed by atoms with Crippen molar-refractivity contribution < 1.29 is 4.74 Å². The number of pyridine rings is 2. The van der Waals surface area contributed by atoms with Gasteiger partial charge in [0, 0.05) is 30.7 Å². The second-order valence-electron chi connectivity index (χ2n) is 4.16. The molecule has 0 amide bonds. The number of nitrogens with zero attached hydrogens (tertiary/aromatic N) is 3. The number of rotatable bonds is 4.